The van der Waals surface area contributed by atoms with Gasteiger partial charge >= 0.3 is 11.9 Å². The fourth-order valence-electron chi connectivity index (χ4n) is 13.4. The van der Waals surface area contributed by atoms with Crippen LogP contribution in [-0.2, 0) is 64.6 Å². The number of nitrogens with two attached hydrogens (primary N) is 4. The lowest BCUT2D eigenvalue weighted by molar-refractivity contribution is -0.143. The Labute approximate surface area is 791 Å². The highest BCUT2D eigenvalue weighted by molar-refractivity contribution is 7.88. The molecule has 3 aromatic carbocycles. The molecule has 0 amide bonds. The molecule has 0 radical (unpaired) electrons. The predicted octanol–water partition coefficient (Wildman–Crippen LogP) is 22.2. The third kappa shape index (κ3) is 23.5. The van der Waals surface area contributed by atoms with Crippen molar-refractivity contribution in [3.8, 4) is 105 Å². The van der Waals surface area contributed by atoms with Crippen molar-refractivity contribution in [2.75, 3.05) is 79.5 Å². The molecular weight excluding hydrogens is 1870 g/mol. The van der Waals surface area contributed by atoms with Crippen LogP contribution in [0.1, 0.15) is 126 Å². The quantitative estimate of drug-likeness (QED) is 0.0204. The number of hydrogen-bond acceptors (Lipinski definition) is 32. The van der Waals surface area contributed by atoms with Gasteiger partial charge in [-0.2, -0.15) is 0 Å². The second-order valence-electron chi connectivity index (χ2n) is 28.6. The monoisotopic (exact) mass is 1970 g/mol. The van der Waals surface area contributed by atoms with Crippen LogP contribution >= 0.6 is 90.7 Å². The van der Waals surface area contributed by atoms with Gasteiger partial charge in [0.2, 0.25) is 0 Å². The average molecular weight is 1970 g/mol. The van der Waals surface area contributed by atoms with Crippen molar-refractivity contribution in [1.29, 1.82) is 0 Å². The van der Waals surface area contributed by atoms with Gasteiger partial charge in [-0.3, -0.25) is 16.8 Å². The first kappa shape index (κ1) is 99.5. The van der Waals surface area contributed by atoms with Crippen LogP contribution in [0.25, 0.3) is 128 Å². The first-order chi connectivity index (χ1) is 61.2. The van der Waals surface area contributed by atoms with Gasteiger partial charge in [-0.25, -0.2) is 54.4 Å². The highest BCUT2D eigenvalue weighted by Gasteiger charge is 2.32. The SMILES string of the molecule is C.C.C.CCCCS(=O)c1sc2nc(-c3nccs3)cc(-c3ccc(OCC(=O)O)cc3)c2c1N.CCCCS(=O)c1sc2nc(-c3nccs3)cc(-c3ccc(OCC(=O)OC)cc3)c2c1N.CCCCS(=O)c1sc2nc(-c3nccs3)cc(-c3ccc(OCCO)cc3)c2c1N.CCCCS(=O)c1sc2nc(-c3nccs3)cc(-c3cnc(C4CC4)n3C)c2c1N. The number of aliphatic hydroxyl groups excluding tert-OH is 1. The number of hydrogen-bond donors (Lipinski definition) is 6. The summed E-state index contributed by atoms with van der Waals surface area (Å²) in [5, 5.41) is 32.0. The van der Waals surface area contributed by atoms with E-state index in [4.69, 9.17) is 72.3 Å². The Morgan fingerprint density at radius 3 is 1.03 bits per heavy atom. The van der Waals surface area contributed by atoms with Crippen molar-refractivity contribution in [1.82, 2.24) is 49.4 Å². The summed E-state index contributed by atoms with van der Waals surface area (Å²) in [5.41, 5.74) is 38.7. The number of carbonyl (C=O) groups is 2. The number of carbonyl (C=O) groups excluding carboxylic acids is 1. The Bertz CT molecular complexity index is 6550. The molecule has 0 spiro atoms. The number of carboxylic acid groups (broad SMARTS) is 1. The highest BCUT2D eigenvalue weighted by atomic mass is 32.2. The molecule has 16 aromatic rings. The third-order valence-corrected chi connectivity index (χ3v) is 35.0. The number of nitrogens with zero attached hydrogens (tertiary/aromatic N) is 10. The fourth-order valence-corrected chi connectivity index (χ4v) is 26.9. The van der Waals surface area contributed by atoms with Crippen molar-refractivity contribution in [2.45, 2.75) is 137 Å². The van der Waals surface area contributed by atoms with E-state index in [0.717, 1.165) is 190 Å². The van der Waals surface area contributed by atoms with Crippen molar-refractivity contribution in [2.24, 2.45) is 7.05 Å². The molecule has 13 aromatic heterocycles. The highest BCUT2D eigenvalue weighted by Crippen LogP contribution is 2.50. The maximum atomic E-state index is 12.9. The average Bonchev–Trinajstić information content (AvgIpc) is 1.63. The molecule has 10 N–H and O–H groups in total. The number of rotatable bonds is 34. The molecule has 1 aliphatic rings. The zero-order valence-electron chi connectivity index (χ0n) is 69.4. The van der Waals surface area contributed by atoms with E-state index in [1.54, 1.807) is 60.4 Å². The minimum Gasteiger partial charge on any atom is -0.491 e. The van der Waals surface area contributed by atoms with Crippen molar-refractivity contribution in [3.63, 3.8) is 0 Å². The van der Waals surface area contributed by atoms with Crippen LogP contribution in [0.4, 0.5) is 22.7 Å². The number of thiophene rings is 4. The molecule has 17 rings (SSSR count). The number of thiazole rings is 4. The number of carboxylic acids is 1. The molecule has 1 aliphatic carbocycles. The minimum atomic E-state index is -1.18. The van der Waals surface area contributed by atoms with Crippen LogP contribution in [0.5, 0.6) is 17.2 Å². The van der Waals surface area contributed by atoms with E-state index in [2.05, 4.69) is 70.0 Å². The molecule has 4 unspecified atom stereocenters. The lowest BCUT2D eigenvalue weighted by Gasteiger charge is -2.09. The van der Waals surface area contributed by atoms with Crippen LogP contribution in [-0.4, -0.2) is 145 Å². The van der Waals surface area contributed by atoms with Crippen LogP contribution in [0.2, 0.25) is 0 Å². The zero-order chi connectivity index (χ0) is 88.7. The number of benzene rings is 3. The smallest absolute Gasteiger partial charge is 0.343 e. The normalized spacial score (nSPS) is 12.6. The van der Waals surface area contributed by atoms with E-state index in [-0.39, 0.29) is 42.1 Å². The molecule has 13 heterocycles. The Morgan fingerprint density at radius 2 is 0.752 bits per heavy atom. The second-order valence-corrected chi connectivity index (χ2v) is 43.3. The predicted molar refractivity (Wildman–Crippen MR) is 539 cm³/mol. The first-order valence-electron chi connectivity index (χ1n) is 40.4. The number of fused-ring (bicyclic) bond motifs is 4. The summed E-state index contributed by atoms with van der Waals surface area (Å²) < 4.78 is 77.2. The maximum absolute atomic E-state index is 12.9. The van der Waals surface area contributed by atoms with E-state index in [1.165, 1.54) is 99.3 Å². The lowest BCUT2D eigenvalue weighted by Crippen LogP contribution is -2.12. The molecule has 1 fully saturated rings. The number of aliphatic carboxylic acids is 1. The van der Waals surface area contributed by atoms with E-state index in [1.807, 2.05) is 94.4 Å². The zero-order valence-corrected chi connectivity index (χ0v) is 79.2. The molecule has 38 heteroatoms. The number of aromatic nitrogens is 10. The van der Waals surface area contributed by atoms with Gasteiger partial charge in [0, 0.05) is 109 Å². The number of esters is 1. The minimum absolute atomic E-state index is 0. The van der Waals surface area contributed by atoms with E-state index in [9.17, 15) is 26.4 Å². The molecule has 0 aliphatic heterocycles. The van der Waals surface area contributed by atoms with Crippen LogP contribution in [0.15, 0.2) is 166 Å². The van der Waals surface area contributed by atoms with Gasteiger partial charge in [-0.1, -0.05) is 112 Å². The number of ether oxygens (including phenoxy) is 4. The topological polar surface area (TPSA) is 405 Å². The second kappa shape index (κ2) is 46.6. The number of imidazole rings is 1. The molecule has 4 atom stereocenters. The van der Waals surface area contributed by atoms with Gasteiger partial charge in [0.15, 0.2) is 13.2 Å². The summed E-state index contributed by atoms with van der Waals surface area (Å²) in [6.07, 6.45) is 18.8. The van der Waals surface area contributed by atoms with Crippen molar-refractivity contribution < 1.29 is 55.6 Å². The molecule has 1 saturated carbocycles. The largest absolute Gasteiger partial charge is 0.491 e. The van der Waals surface area contributed by atoms with Gasteiger partial charge in [0.05, 0.1) is 91.6 Å². The fraction of sp³-hybridized carbons (Fsp3) is 0.308. The van der Waals surface area contributed by atoms with Gasteiger partial charge < -0.3 is 56.7 Å². The Morgan fingerprint density at radius 1 is 0.450 bits per heavy atom. The number of pyridine rings is 4. The number of anilines is 4. The number of methoxy groups -OCH3 is 1. The van der Waals surface area contributed by atoms with Crippen LogP contribution in [0.3, 0.4) is 0 Å². The van der Waals surface area contributed by atoms with E-state index >= 15 is 0 Å². The van der Waals surface area contributed by atoms with Gasteiger partial charge in [-0.05, 0) is 133 Å². The third-order valence-electron chi connectivity index (χ3n) is 19.9. The first-order valence-corrected chi connectivity index (χ1v) is 52.4. The standard InChI is InChI=1S/C23H23N3O4S3.C22H21N3O4S3.C22H23N3O3S3.C21H23N5OS3.3CH4/c1-3-4-11-33(28)23-20(24)19-16(12-17(26-22(19)32-23)21-25-9-10-31-21)14-5-7-15(8-6-14)30-13-18(27)29-2;1-2-3-10-32(28)22-19(23)18-15(13-4-6-14(7-5-13)29-12-17(26)27)11-16(25-21(18)31-22)20-24-8-9-30-20;1-2-3-12-31(27)22-19(23)18-16(14-4-6-15(7-5-14)28-10-9-26)13-17(25-21(18)30-22)20-24-8-11-29-20;1-3-4-9-30(27)21-17(22)16-13(15-11-24-18(26(15)2)12-5-6-12)10-14(25-20(16)29-21)19-23-7-8-28-19;;;/h5-10,12H,3-4,11,13,24H2,1-2H3;4-9,11H,2-3,10,12,23H2,1H3,(H,26,27);4-8,11,13,26H,2-3,9-10,12,23H2,1H3;7-8,10-12H,3-6,9,22H2,1-2H3;3*1H4. The van der Waals surface area contributed by atoms with Gasteiger partial charge in [-0.15, -0.1) is 90.7 Å². The van der Waals surface area contributed by atoms with E-state index in [0.29, 0.717) is 81.6 Å². The summed E-state index contributed by atoms with van der Waals surface area (Å²) >= 11 is 11.7. The molecule has 129 heavy (non-hydrogen) atoms. The Balaban J connectivity index is 0.000000165. The summed E-state index contributed by atoms with van der Waals surface area (Å²) in [7, 11) is -1.23. The van der Waals surface area contributed by atoms with Gasteiger partial charge in [0.1, 0.15) is 109 Å². The molecular formula is C91H102N14O12S12. The number of unbranched alkanes of at least 4 members (excludes halogenated alkanes) is 4. The van der Waals surface area contributed by atoms with Crippen LogP contribution in [0, 0.1) is 0 Å². The number of aliphatic hydroxyl groups is 1. The molecule has 0 saturated heterocycles. The van der Waals surface area contributed by atoms with Crippen LogP contribution < -0.4 is 37.1 Å². The molecule has 0 bridgehead atoms. The van der Waals surface area contributed by atoms with Crippen molar-refractivity contribution >= 4 is 209 Å². The van der Waals surface area contributed by atoms with Gasteiger partial charge in [0.25, 0.3) is 0 Å². The number of nitrogen functional groups attached to an aromatic ring is 4. The lowest BCUT2D eigenvalue weighted by atomic mass is 10.0. The summed E-state index contributed by atoms with van der Waals surface area (Å²) in [6.45, 7) is 7.97. The molecule has 26 nitrogen and oxygen atoms in total. The molecule has 680 valence electrons. The Hall–Kier alpha value is -10.1. The summed E-state index contributed by atoms with van der Waals surface area (Å²) in [4.78, 5) is 66.7. The summed E-state index contributed by atoms with van der Waals surface area (Å²) in [5.74, 6) is 4.25. The maximum Gasteiger partial charge on any atom is 0.343 e. The summed E-state index contributed by atoms with van der Waals surface area (Å²) in [6, 6.07) is 30.1. The van der Waals surface area contributed by atoms with Crippen molar-refractivity contribution in [3.05, 3.63) is 155 Å². The Kier molecular flexibility index (Phi) is 36.0. The van der Waals surface area contributed by atoms with E-state index < -0.39 is 61.7 Å².